The smallest absolute Gasteiger partial charge is 0.128 e. The molecule has 5 nitrogen and oxygen atoms in total. The van der Waals surface area contributed by atoms with Gasteiger partial charge in [-0.3, -0.25) is 0 Å². The Morgan fingerprint density at radius 3 is 2.83 bits per heavy atom. The minimum atomic E-state index is -0.328. The molecule has 2 N–H and O–H groups in total. The molecule has 1 fully saturated rings. The monoisotopic (exact) mass is 253 g/mol. The molecule has 0 spiro atoms. The van der Waals surface area contributed by atoms with Crippen LogP contribution in [0.1, 0.15) is 38.6 Å². The second kappa shape index (κ2) is 5.82. The average Bonchev–Trinajstić information content (AvgIpc) is 2.87. The largest absolute Gasteiger partial charge is 0.381 e. The topological polar surface area (TPSA) is 62.3 Å². The molecule has 102 valence electrons. The summed E-state index contributed by atoms with van der Waals surface area (Å²) in [5.41, 5.74) is 6.12. The maximum atomic E-state index is 6.45. The van der Waals surface area contributed by atoms with Gasteiger partial charge in [0.05, 0.1) is 11.6 Å². The molecule has 0 aromatic carbocycles. The molecule has 0 aliphatic carbocycles. The van der Waals surface area contributed by atoms with E-state index in [1.807, 2.05) is 13.1 Å². The van der Waals surface area contributed by atoms with Gasteiger partial charge < -0.3 is 19.8 Å². The summed E-state index contributed by atoms with van der Waals surface area (Å²) >= 11 is 0. The summed E-state index contributed by atoms with van der Waals surface area (Å²) in [5.74, 6) is 0.910. The highest BCUT2D eigenvalue weighted by atomic mass is 16.5. The molecule has 1 saturated heterocycles. The molecule has 1 aromatic rings. The molecule has 2 rings (SSSR count). The maximum Gasteiger partial charge on any atom is 0.128 e. The van der Waals surface area contributed by atoms with E-state index in [0.29, 0.717) is 19.8 Å². The van der Waals surface area contributed by atoms with Crippen LogP contribution in [-0.2, 0) is 16.0 Å². The molecule has 5 heteroatoms. The molecular weight excluding hydrogens is 230 g/mol. The van der Waals surface area contributed by atoms with Crippen molar-refractivity contribution in [2.45, 2.75) is 44.9 Å². The zero-order valence-corrected chi connectivity index (χ0v) is 11.3. The van der Waals surface area contributed by atoms with Gasteiger partial charge in [0.25, 0.3) is 0 Å². The van der Waals surface area contributed by atoms with Crippen LogP contribution in [0.5, 0.6) is 0 Å². The molecule has 1 aliphatic rings. The van der Waals surface area contributed by atoms with Gasteiger partial charge in [-0.25, -0.2) is 4.98 Å². The zero-order chi connectivity index (χ0) is 13.0. The van der Waals surface area contributed by atoms with E-state index in [4.69, 9.17) is 15.2 Å². The van der Waals surface area contributed by atoms with Gasteiger partial charge in [-0.1, -0.05) is 0 Å². The van der Waals surface area contributed by atoms with E-state index in [1.165, 1.54) is 0 Å². The molecule has 1 aliphatic heterocycles. The Morgan fingerprint density at radius 2 is 2.22 bits per heavy atom. The maximum absolute atomic E-state index is 6.45. The van der Waals surface area contributed by atoms with Gasteiger partial charge in [-0.15, -0.1) is 0 Å². The first kappa shape index (κ1) is 13.5. The summed E-state index contributed by atoms with van der Waals surface area (Å²) in [6, 6.07) is -0.198. The normalized spacial score (nSPS) is 20.8. The third kappa shape index (κ3) is 2.43. The SMILES string of the molecule is CCOC1(C(N)c2nccn2CC)CCOCC1. The van der Waals surface area contributed by atoms with Crippen molar-refractivity contribution in [1.29, 1.82) is 0 Å². The fourth-order valence-electron chi connectivity index (χ4n) is 2.65. The van der Waals surface area contributed by atoms with E-state index in [1.54, 1.807) is 6.20 Å². The number of nitrogens with two attached hydrogens (primary N) is 1. The lowest BCUT2D eigenvalue weighted by atomic mass is 9.85. The summed E-state index contributed by atoms with van der Waals surface area (Å²) in [6.45, 7) is 7.06. The molecule has 0 radical (unpaired) electrons. The zero-order valence-electron chi connectivity index (χ0n) is 11.3. The highest BCUT2D eigenvalue weighted by Crippen LogP contribution is 2.35. The van der Waals surface area contributed by atoms with Gasteiger partial charge in [0.1, 0.15) is 5.82 Å². The van der Waals surface area contributed by atoms with Crippen LogP contribution in [0.4, 0.5) is 0 Å². The number of ether oxygens (including phenoxy) is 2. The summed E-state index contributed by atoms with van der Waals surface area (Å²) in [7, 11) is 0. The van der Waals surface area contributed by atoms with Crippen LogP contribution < -0.4 is 5.73 Å². The Balaban J connectivity index is 2.24. The summed E-state index contributed by atoms with van der Waals surface area (Å²) < 4.78 is 13.5. The van der Waals surface area contributed by atoms with Crippen molar-refractivity contribution < 1.29 is 9.47 Å². The van der Waals surface area contributed by atoms with Gasteiger partial charge in [0.2, 0.25) is 0 Å². The van der Waals surface area contributed by atoms with Crippen LogP contribution in [-0.4, -0.2) is 35.0 Å². The number of nitrogens with zero attached hydrogens (tertiary/aromatic N) is 2. The summed E-state index contributed by atoms with van der Waals surface area (Å²) in [4.78, 5) is 4.41. The van der Waals surface area contributed by atoms with Gasteiger partial charge >= 0.3 is 0 Å². The molecule has 1 atom stereocenters. The van der Waals surface area contributed by atoms with Crippen LogP contribution in [0.15, 0.2) is 12.4 Å². The third-order valence-electron chi connectivity index (χ3n) is 3.70. The van der Waals surface area contributed by atoms with Crippen molar-refractivity contribution in [1.82, 2.24) is 9.55 Å². The second-order valence-electron chi connectivity index (χ2n) is 4.66. The predicted octanol–water partition coefficient (Wildman–Crippen LogP) is 1.49. The second-order valence-corrected chi connectivity index (χ2v) is 4.66. The quantitative estimate of drug-likeness (QED) is 0.863. The first-order valence-corrected chi connectivity index (χ1v) is 6.72. The number of imidazole rings is 1. The van der Waals surface area contributed by atoms with Crippen LogP contribution in [0, 0.1) is 0 Å². The molecule has 0 amide bonds. The molecule has 18 heavy (non-hydrogen) atoms. The predicted molar refractivity (Wildman–Crippen MR) is 69.2 cm³/mol. The Hall–Kier alpha value is -0.910. The molecule has 2 heterocycles. The van der Waals surface area contributed by atoms with Crippen LogP contribution in [0.25, 0.3) is 0 Å². The van der Waals surface area contributed by atoms with Crippen molar-refractivity contribution in [3.8, 4) is 0 Å². The van der Waals surface area contributed by atoms with E-state index in [2.05, 4.69) is 16.5 Å². The Labute approximate surface area is 108 Å². The lowest BCUT2D eigenvalue weighted by molar-refractivity contribution is -0.123. The van der Waals surface area contributed by atoms with Crippen molar-refractivity contribution in [2.24, 2.45) is 5.73 Å². The standard InChI is InChI=1S/C13H23N3O2/c1-3-16-8-7-15-12(16)11(14)13(18-4-2)5-9-17-10-6-13/h7-8,11H,3-6,9-10,14H2,1-2H3. The van der Waals surface area contributed by atoms with E-state index >= 15 is 0 Å². The third-order valence-corrected chi connectivity index (χ3v) is 3.70. The molecule has 0 bridgehead atoms. The first-order valence-electron chi connectivity index (χ1n) is 6.72. The fraction of sp³-hybridized carbons (Fsp3) is 0.769. The van der Waals surface area contributed by atoms with Gasteiger partial charge in [-0.05, 0) is 13.8 Å². The molecule has 1 unspecified atom stereocenters. The first-order chi connectivity index (χ1) is 8.73. The number of aromatic nitrogens is 2. The van der Waals surface area contributed by atoms with Gasteiger partial charge in [0.15, 0.2) is 0 Å². The highest BCUT2D eigenvalue weighted by molar-refractivity contribution is 5.08. The lowest BCUT2D eigenvalue weighted by Gasteiger charge is -2.41. The lowest BCUT2D eigenvalue weighted by Crippen LogP contribution is -2.49. The van der Waals surface area contributed by atoms with Crippen molar-refractivity contribution >= 4 is 0 Å². The Kier molecular flexibility index (Phi) is 4.37. The van der Waals surface area contributed by atoms with E-state index in [0.717, 1.165) is 25.2 Å². The Bertz CT molecular complexity index is 367. The molecular formula is C13H23N3O2. The Morgan fingerprint density at radius 1 is 1.50 bits per heavy atom. The molecule has 1 aromatic heterocycles. The minimum Gasteiger partial charge on any atom is -0.381 e. The van der Waals surface area contributed by atoms with Gasteiger partial charge in [-0.2, -0.15) is 0 Å². The van der Waals surface area contributed by atoms with E-state index in [9.17, 15) is 0 Å². The van der Waals surface area contributed by atoms with Gasteiger partial charge in [0, 0.05) is 51.6 Å². The summed E-state index contributed by atoms with van der Waals surface area (Å²) in [5, 5.41) is 0. The highest BCUT2D eigenvalue weighted by Gasteiger charge is 2.41. The molecule has 0 saturated carbocycles. The number of hydrogen-bond acceptors (Lipinski definition) is 4. The van der Waals surface area contributed by atoms with Crippen LogP contribution in [0.3, 0.4) is 0 Å². The number of aryl methyl sites for hydroxylation is 1. The minimum absolute atomic E-state index is 0.198. The van der Waals surface area contributed by atoms with Crippen molar-refractivity contribution in [3.05, 3.63) is 18.2 Å². The van der Waals surface area contributed by atoms with E-state index in [-0.39, 0.29) is 11.6 Å². The fourth-order valence-corrected chi connectivity index (χ4v) is 2.65. The van der Waals surface area contributed by atoms with Crippen LogP contribution in [0.2, 0.25) is 0 Å². The van der Waals surface area contributed by atoms with E-state index < -0.39 is 0 Å². The summed E-state index contributed by atoms with van der Waals surface area (Å²) in [6.07, 6.45) is 5.43. The average molecular weight is 253 g/mol. The van der Waals surface area contributed by atoms with Crippen molar-refractivity contribution in [3.63, 3.8) is 0 Å². The van der Waals surface area contributed by atoms with Crippen LogP contribution >= 0.6 is 0 Å². The van der Waals surface area contributed by atoms with Crippen molar-refractivity contribution in [2.75, 3.05) is 19.8 Å². The number of rotatable bonds is 5. The number of hydrogen-bond donors (Lipinski definition) is 1.